The van der Waals surface area contributed by atoms with Gasteiger partial charge in [0.05, 0.1) is 0 Å². The molecule has 20 heavy (non-hydrogen) atoms. The van der Waals surface area contributed by atoms with Crippen molar-refractivity contribution in [3.05, 3.63) is 11.4 Å². The number of nitrogens with two attached hydrogens (primary N) is 1. The van der Waals surface area contributed by atoms with E-state index >= 15 is 0 Å². The molecule has 0 amide bonds. The van der Waals surface area contributed by atoms with E-state index in [0.29, 0.717) is 5.82 Å². The number of rotatable bonds is 7. The molecule has 0 unspecified atom stereocenters. The lowest BCUT2D eigenvalue weighted by atomic mass is 10.0. The fraction of sp³-hybridized carbons (Fsp3) is 0.714. The molecule has 1 aromatic heterocycles. The summed E-state index contributed by atoms with van der Waals surface area (Å²) in [6, 6.07) is 0. The largest absolute Gasteiger partial charge is 0.368 e. The van der Waals surface area contributed by atoms with E-state index in [9.17, 15) is 0 Å². The summed E-state index contributed by atoms with van der Waals surface area (Å²) in [5.41, 5.74) is 3.64. The molecule has 0 saturated heterocycles. The van der Waals surface area contributed by atoms with Crippen molar-refractivity contribution in [3.63, 3.8) is 0 Å². The Balaban J connectivity index is 2.96. The molecule has 4 N–H and O–H groups in total. The van der Waals surface area contributed by atoms with Crippen molar-refractivity contribution >= 4 is 11.6 Å². The summed E-state index contributed by atoms with van der Waals surface area (Å²) >= 11 is 0. The van der Waals surface area contributed by atoms with E-state index in [2.05, 4.69) is 60.5 Å². The summed E-state index contributed by atoms with van der Waals surface area (Å²) in [4.78, 5) is 11.2. The van der Waals surface area contributed by atoms with E-state index in [1.54, 1.807) is 0 Å². The molecular weight excluding hydrogens is 252 g/mol. The summed E-state index contributed by atoms with van der Waals surface area (Å²) < 4.78 is 0. The van der Waals surface area contributed by atoms with Crippen molar-refractivity contribution in [3.8, 4) is 0 Å². The van der Waals surface area contributed by atoms with Gasteiger partial charge in [0.25, 0.3) is 0 Å². The molecular formula is C14H28N6. The summed E-state index contributed by atoms with van der Waals surface area (Å²) in [6.45, 7) is 9.25. The van der Waals surface area contributed by atoms with Gasteiger partial charge in [-0.3, -0.25) is 0 Å². The summed E-state index contributed by atoms with van der Waals surface area (Å²) in [5.74, 6) is 7.90. The maximum atomic E-state index is 5.54. The van der Waals surface area contributed by atoms with Crippen LogP contribution in [0.2, 0.25) is 0 Å². The molecule has 0 aliphatic carbocycles. The molecule has 0 aliphatic rings. The minimum atomic E-state index is 0.0403. The second kappa shape index (κ2) is 6.85. The number of hydrazine groups is 1. The van der Waals surface area contributed by atoms with Crippen molar-refractivity contribution < 1.29 is 0 Å². The molecule has 0 aliphatic heterocycles. The third kappa shape index (κ3) is 4.05. The minimum Gasteiger partial charge on any atom is -0.368 e. The van der Waals surface area contributed by atoms with Gasteiger partial charge in [-0.05, 0) is 41.3 Å². The van der Waals surface area contributed by atoms with Crippen LogP contribution in [0.1, 0.15) is 38.6 Å². The van der Waals surface area contributed by atoms with Crippen LogP contribution in [0.3, 0.4) is 0 Å². The molecule has 1 rings (SSSR count). The van der Waals surface area contributed by atoms with Gasteiger partial charge in [-0.25, -0.2) is 15.8 Å². The average Bonchev–Trinajstić information content (AvgIpc) is 2.39. The Kier molecular flexibility index (Phi) is 5.71. The predicted molar refractivity (Wildman–Crippen MR) is 84.8 cm³/mol. The van der Waals surface area contributed by atoms with Gasteiger partial charge in [-0.1, -0.05) is 6.92 Å². The first-order chi connectivity index (χ1) is 9.31. The lowest BCUT2D eigenvalue weighted by Crippen LogP contribution is -2.44. The van der Waals surface area contributed by atoms with Crippen LogP contribution in [0.25, 0.3) is 0 Å². The van der Waals surface area contributed by atoms with Gasteiger partial charge in [0, 0.05) is 24.1 Å². The number of hydrogen-bond donors (Lipinski definition) is 3. The quantitative estimate of drug-likeness (QED) is 0.522. The van der Waals surface area contributed by atoms with Crippen molar-refractivity contribution in [1.29, 1.82) is 0 Å². The zero-order chi connectivity index (χ0) is 15.3. The first-order valence-corrected chi connectivity index (χ1v) is 7.07. The Hall–Kier alpha value is -1.40. The van der Waals surface area contributed by atoms with Gasteiger partial charge in [0.15, 0.2) is 0 Å². The Morgan fingerprint density at radius 2 is 1.80 bits per heavy atom. The number of nitrogens with one attached hydrogen (secondary N) is 2. The number of hydrogen-bond acceptors (Lipinski definition) is 6. The molecule has 1 aromatic rings. The maximum absolute atomic E-state index is 5.54. The molecule has 0 saturated carbocycles. The highest BCUT2D eigenvalue weighted by atomic mass is 15.3. The molecule has 0 bridgehead atoms. The van der Waals surface area contributed by atoms with Gasteiger partial charge in [0.2, 0.25) is 0 Å². The predicted octanol–water partition coefficient (Wildman–Crippen LogP) is 1.78. The Labute approximate surface area is 122 Å². The van der Waals surface area contributed by atoms with Crippen LogP contribution in [0.4, 0.5) is 11.6 Å². The number of nitrogen functional groups attached to an aromatic ring is 1. The Morgan fingerprint density at radius 3 is 2.30 bits per heavy atom. The zero-order valence-corrected chi connectivity index (χ0v) is 13.5. The first kappa shape index (κ1) is 16.7. The fourth-order valence-electron chi connectivity index (χ4n) is 1.67. The van der Waals surface area contributed by atoms with E-state index in [-0.39, 0.29) is 5.54 Å². The molecule has 0 aromatic carbocycles. The second-order valence-electron chi connectivity index (χ2n) is 5.92. The summed E-state index contributed by atoms with van der Waals surface area (Å²) in [7, 11) is 4.15. The van der Waals surface area contributed by atoms with Crippen LogP contribution in [-0.2, 0) is 6.42 Å². The highest BCUT2D eigenvalue weighted by Crippen LogP contribution is 2.21. The number of likely N-dealkylation sites (N-methyl/N-ethyl adjacent to an activating group) is 1. The van der Waals surface area contributed by atoms with Crippen molar-refractivity contribution in [1.82, 2.24) is 14.9 Å². The van der Waals surface area contributed by atoms with E-state index in [1.165, 1.54) is 0 Å². The maximum Gasteiger partial charge on any atom is 0.148 e. The van der Waals surface area contributed by atoms with Crippen LogP contribution < -0.4 is 16.6 Å². The lowest BCUT2D eigenvalue weighted by Gasteiger charge is -2.33. The highest BCUT2D eigenvalue weighted by Gasteiger charge is 2.21. The minimum absolute atomic E-state index is 0.0403. The number of aromatic nitrogens is 2. The van der Waals surface area contributed by atoms with Crippen LogP contribution in [0.5, 0.6) is 0 Å². The Morgan fingerprint density at radius 1 is 1.20 bits per heavy atom. The number of nitrogens with zero attached hydrogens (tertiary/aromatic N) is 3. The molecule has 0 radical (unpaired) electrons. The average molecular weight is 280 g/mol. The summed E-state index contributed by atoms with van der Waals surface area (Å²) in [6.07, 6.45) is 1.86. The second-order valence-corrected chi connectivity index (χ2v) is 5.92. The smallest absolute Gasteiger partial charge is 0.148 e. The number of aryl methyl sites for hydroxylation is 1. The monoisotopic (exact) mass is 280 g/mol. The summed E-state index contributed by atoms with van der Waals surface area (Å²) in [5, 5.41) is 3.42. The molecule has 0 fully saturated rings. The van der Waals surface area contributed by atoms with Crippen LogP contribution in [0, 0.1) is 6.92 Å². The van der Waals surface area contributed by atoms with E-state index in [1.807, 2.05) is 6.92 Å². The lowest BCUT2D eigenvalue weighted by molar-refractivity contribution is 0.210. The molecule has 0 atom stereocenters. The first-order valence-electron chi connectivity index (χ1n) is 7.07. The Bertz CT molecular complexity index is 442. The zero-order valence-electron chi connectivity index (χ0n) is 13.5. The topological polar surface area (TPSA) is 79.1 Å². The fourth-order valence-corrected chi connectivity index (χ4v) is 1.67. The van der Waals surface area contributed by atoms with Gasteiger partial charge in [-0.15, -0.1) is 0 Å². The van der Waals surface area contributed by atoms with Gasteiger partial charge >= 0.3 is 0 Å². The molecule has 0 spiro atoms. The van der Waals surface area contributed by atoms with E-state index < -0.39 is 0 Å². The molecule has 6 nitrogen and oxygen atoms in total. The third-order valence-electron chi connectivity index (χ3n) is 3.70. The third-order valence-corrected chi connectivity index (χ3v) is 3.70. The molecule has 6 heteroatoms. The van der Waals surface area contributed by atoms with Crippen LogP contribution in [-0.4, -0.2) is 41.0 Å². The number of anilines is 2. The SMILES string of the molecule is CCCc1nc(NN)c(C)c(NCC(C)(C)N(C)C)n1. The van der Waals surface area contributed by atoms with Gasteiger partial charge in [0.1, 0.15) is 17.5 Å². The van der Waals surface area contributed by atoms with Crippen molar-refractivity contribution in [2.45, 2.75) is 46.1 Å². The van der Waals surface area contributed by atoms with Gasteiger partial charge in [-0.2, -0.15) is 0 Å². The highest BCUT2D eigenvalue weighted by molar-refractivity contribution is 5.56. The van der Waals surface area contributed by atoms with Crippen molar-refractivity contribution in [2.24, 2.45) is 5.84 Å². The molecule has 114 valence electrons. The standard InChI is InChI=1S/C14H28N6/c1-7-8-11-17-12(10(2)13(18-11)19-15)16-9-14(3,4)20(5)6/h7-9,15H2,1-6H3,(H2,16,17,18,19). The van der Waals surface area contributed by atoms with Gasteiger partial charge < -0.3 is 15.6 Å². The van der Waals surface area contributed by atoms with E-state index in [0.717, 1.165) is 36.6 Å². The van der Waals surface area contributed by atoms with Crippen molar-refractivity contribution in [2.75, 3.05) is 31.4 Å². The van der Waals surface area contributed by atoms with Crippen LogP contribution in [0.15, 0.2) is 0 Å². The normalized spacial score (nSPS) is 11.8. The molecule has 1 heterocycles. The van der Waals surface area contributed by atoms with E-state index in [4.69, 9.17) is 5.84 Å². The van der Waals surface area contributed by atoms with Crippen LogP contribution >= 0.6 is 0 Å².